The number of rotatable bonds is 3. The predicted octanol–water partition coefficient (Wildman–Crippen LogP) is 4.12. The molecule has 0 aliphatic rings. The van der Waals surface area contributed by atoms with E-state index in [9.17, 15) is 5.11 Å². The molecule has 0 saturated heterocycles. The third-order valence-electron chi connectivity index (χ3n) is 3.05. The molecule has 0 atom stereocenters. The Kier molecular flexibility index (Phi) is 3.84. The number of halogens is 1. The normalized spacial score (nSPS) is 10.7. The summed E-state index contributed by atoms with van der Waals surface area (Å²) in [6, 6.07) is 15.6. The summed E-state index contributed by atoms with van der Waals surface area (Å²) in [7, 11) is 0. The van der Waals surface area contributed by atoms with Gasteiger partial charge in [-0.3, -0.25) is 0 Å². The summed E-state index contributed by atoms with van der Waals surface area (Å²) in [6.45, 7) is -0.0311. The minimum Gasteiger partial charge on any atom is -0.437 e. The van der Waals surface area contributed by atoms with Crippen LogP contribution in [-0.4, -0.2) is 10.1 Å². The van der Waals surface area contributed by atoms with Crippen molar-refractivity contribution in [3.8, 4) is 11.6 Å². The molecule has 1 aromatic heterocycles. The second-order valence-corrected chi connectivity index (χ2v) is 5.49. The number of nitrogens with zero attached hydrogens (tertiary/aromatic N) is 1. The number of fused-ring (bicyclic) bond motifs is 1. The first-order chi connectivity index (χ1) is 9.79. The van der Waals surface area contributed by atoms with Crippen molar-refractivity contribution >= 4 is 33.4 Å². The minimum atomic E-state index is -0.0311. The van der Waals surface area contributed by atoms with Gasteiger partial charge in [0.05, 0.1) is 10.2 Å². The Bertz CT molecular complexity index is 758. The van der Waals surface area contributed by atoms with Gasteiger partial charge in [-0.1, -0.05) is 30.3 Å². The first kappa shape index (κ1) is 13.3. The van der Waals surface area contributed by atoms with Gasteiger partial charge in [0.2, 0.25) is 5.88 Å². The van der Waals surface area contributed by atoms with Crippen LogP contribution in [0.3, 0.4) is 0 Å². The summed E-state index contributed by atoms with van der Waals surface area (Å²) in [5.41, 5.74) is 0.802. The molecule has 0 aliphatic heterocycles. The van der Waals surface area contributed by atoms with E-state index in [1.165, 1.54) is 0 Å². The first-order valence-electron chi connectivity index (χ1n) is 6.19. The lowest BCUT2D eigenvalue weighted by molar-refractivity contribution is 0.282. The van der Waals surface area contributed by atoms with E-state index in [1.54, 1.807) is 6.20 Å². The predicted molar refractivity (Wildman–Crippen MR) is 86.9 cm³/mol. The number of aromatic nitrogens is 1. The SMILES string of the molecule is OCc1cnc(Oc2ccccc2I)c2ccccc12. The number of para-hydroxylation sites is 1. The van der Waals surface area contributed by atoms with Gasteiger partial charge in [-0.05, 0) is 46.2 Å². The molecule has 4 heteroatoms. The summed E-state index contributed by atoms with van der Waals surface area (Å²) < 4.78 is 6.95. The molecule has 1 heterocycles. The van der Waals surface area contributed by atoms with Crippen molar-refractivity contribution in [2.24, 2.45) is 0 Å². The molecule has 3 aromatic rings. The number of aliphatic hydroxyl groups is 1. The maximum Gasteiger partial charge on any atom is 0.227 e. The smallest absolute Gasteiger partial charge is 0.227 e. The van der Waals surface area contributed by atoms with E-state index >= 15 is 0 Å². The summed E-state index contributed by atoms with van der Waals surface area (Å²) in [4.78, 5) is 4.33. The molecule has 0 saturated carbocycles. The van der Waals surface area contributed by atoms with Crippen LogP contribution in [0.4, 0.5) is 0 Å². The molecule has 0 unspecified atom stereocenters. The Morgan fingerprint density at radius 3 is 2.45 bits per heavy atom. The number of aliphatic hydroxyl groups excluding tert-OH is 1. The molecular weight excluding hydrogens is 365 g/mol. The maximum absolute atomic E-state index is 9.38. The van der Waals surface area contributed by atoms with E-state index in [-0.39, 0.29) is 6.61 Å². The second kappa shape index (κ2) is 5.76. The molecule has 3 nitrogen and oxygen atoms in total. The van der Waals surface area contributed by atoms with E-state index in [4.69, 9.17) is 4.74 Å². The number of benzene rings is 2. The molecule has 0 aliphatic carbocycles. The van der Waals surface area contributed by atoms with Crippen molar-refractivity contribution in [1.82, 2.24) is 4.98 Å². The van der Waals surface area contributed by atoms with Crippen molar-refractivity contribution in [2.45, 2.75) is 6.61 Å². The fourth-order valence-electron chi connectivity index (χ4n) is 2.06. The lowest BCUT2D eigenvalue weighted by atomic mass is 10.1. The van der Waals surface area contributed by atoms with Gasteiger partial charge in [0.15, 0.2) is 0 Å². The van der Waals surface area contributed by atoms with Crippen LogP contribution in [-0.2, 0) is 6.61 Å². The van der Waals surface area contributed by atoms with Crippen LogP contribution in [0.2, 0.25) is 0 Å². The molecule has 100 valence electrons. The van der Waals surface area contributed by atoms with Crippen LogP contribution in [0.15, 0.2) is 54.7 Å². The minimum absolute atomic E-state index is 0.0311. The zero-order valence-electron chi connectivity index (χ0n) is 10.6. The average molecular weight is 377 g/mol. The van der Waals surface area contributed by atoms with Gasteiger partial charge in [0, 0.05) is 17.1 Å². The van der Waals surface area contributed by atoms with E-state index in [1.807, 2.05) is 48.5 Å². The summed E-state index contributed by atoms with van der Waals surface area (Å²) >= 11 is 2.23. The number of ether oxygens (including phenoxy) is 1. The van der Waals surface area contributed by atoms with Gasteiger partial charge >= 0.3 is 0 Å². The van der Waals surface area contributed by atoms with Gasteiger partial charge in [-0.2, -0.15) is 0 Å². The molecule has 0 spiro atoms. The second-order valence-electron chi connectivity index (χ2n) is 4.32. The number of pyridine rings is 1. The van der Waals surface area contributed by atoms with Crippen molar-refractivity contribution in [3.05, 3.63) is 63.9 Å². The fourth-order valence-corrected chi connectivity index (χ4v) is 2.56. The molecule has 0 fully saturated rings. The molecule has 3 rings (SSSR count). The first-order valence-corrected chi connectivity index (χ1v) is 7.27. The lowest BCUT2D eigenvalue weighted by Crippen LogP contribution is -1.94. The van der Waals surface area contributed by atoms with Crippen LogP contribution in [0.5, 0.6) is 11.6 Å². The van der Waals surface area contributed by atoms with Gasteiger partial charge in [0.25, 0.3) is 0 Å². The molecule has 1 N–H and O–H groups in total. The van der Waals surface area contributed by atoms with Crippen LogP contribution in [0.25, 0.3) is 10.8 Å². The standard InChI is InChI=1S/C16H12INO2/c17-14-7-3-4-8-15(14)20-16-13-6-2-1-5-12(13)11(10-19)9-18-16/h1-9,19H,10H2. The van der Waals surface area contributed by atoms with Crippen molar-refractivity contribution < 1.29 is 9.84 Å². The number of hydrogen-bond acceptors (Lipinski definition) is 3. The molecule has 0 radical (unpaired) electrons. The van der Waals surface area contributed by atoms with Gasteiger partial charge < -0.3 is 9.84 Å². The average Bonchev–Trinajstić information content (AvgIpc) is 2.50. The number of hydrogen-bond donors (Lipinski definition) is 1. The van der Waals surface area contributed by atoms with Gasteiger partial charge in [-0.15, -0.1) is 0 Å². The van der Waals surface area contributed by atoms with E-state index < -0.39 is 0 Å². The molecular formula is C16H12INO2. The van der Waals surface area contributed by atoms with Crippen molar-refractivity contribution in [3.63, 3.8) is 0 Å². The monoisotopic (exact) mass is 377 g/mol. The zero-order valence-corrected chi connectivity index (χ0v) is 12.7. The third kappa shape index (κ3) is 2.48. The highest BCUT2D eigenvalue weighted by molar-refractivity contribution is 14.1. The largest absolute Gasteiger partial charge is 0.437 e. The van der Waals surface area contributed by atoms with Crippen LogP contribution < -0.4 is 4.74 Å². The molecule has 0 amide bonds. The van der Waals surface area contributed by atoms with E-state index in [0.29, 0.717) is 5.88 Å². The van der Waals surface area contributed by atoms with Gasteiger partial charge in [0.1, 0.15) is 5.75 Å². The Morgan fingerprint density at radius 2 is 1.70 bits per heavy atom. The molecule has 0 bridgehead atoms. The Balaban J connectivity index is 2.11. The Morgan fingerprint density at radius 1 is 1.00 bits per heavy atom. The highest BCUT2D eigenvalue weighted by atomic mass is 127. The Hall–Kier alpha value is -1.66. The highest BCUT2D eigenvalue weighted by Crippen LogP contribution is 2.31. The molecule has 2 aromatic carbocycles. The van der Waals surface area contributed by atoms with Crippen LogP contribution >= 0.6 is 22.6 Å². The lowest BCUT2D eigenvalue weighted by Gasteiger charge is -2.11. The van der Waals surface area contributed by atoms with Crippen molar-refractivity contribution in [2.75, 3.05) is 0 Å². The van der Waals surface area contributed by atoms with Crippen LogP contribution in [0, 0.1) is 3.57 Å². The van der Waals surface area contributed by atoms with Gasteiger partial charge in [-0.25, -0.2) is 4.98 Å². The van der Waals surface area contributed by atoms with Crippen LogP contribution in [0.1, 0.15) is 5.56 Å². The zero-order chi connectivity index (χ0) is 13.9. The third-order valence-corrected chi connectivity index (χ3v) is 3.95. The van der Waals surface area contributed by atoms with E-state index in [2.05, 4.69) is 27.6 Å². The topological polar surface area (TPSA) is 42.4 Å². The maximum atomic E-state index is 9.38. The fraction of sp³-hybridized carbons (Fsp3) is 0.0625. The van der Waals surface area contributed by atoms with Crippen molar-refractivity contribution in [1.29, 1.82) is 0 Å². The summed E-state index contributed by atoms with van der Waals surface area (Å²) in [5.74, 6) is 1.34. The Labute approximate surface area is 130 Å². The summed E-state index contributed by atoms with van der Waals surface area (Å²) in [6.07, 6.45) is 1.66. The molecule has 20 heavy (non-hydrogen) atoms. The van der Waals surface area contributed by atoms with E-state index in [0.717, 1.165) is 25.7 Å². The summed E-state index contributed by atoms with van der Waals surface area (Å²) in [5, 5.41) is 11.2. The highest BCUT2D eigenvalue weighted by Gasteiger charge is 2.09. The quantitative estimate of drug-likeness (QED) is 0.699.